The molecule has 0 radical (unpaired) electrons. The van der Waals surface area contributed by atoms with E-state index in [-0.39, 0.29) is 5.91 Å². The number of benzene rings is 2. The number of nitrogens with two attached hydrogens (primary N) is 1. The summed E-state index contributed by atoms with van der Waals surface area (Å²) in [5.74, 6) is 1.20. The molecule has 6 heteroatoms. The molecule has 0 aromatic heterocycles. The average molecular weight is 302 g/mol. The lowest BCUT2D eigenvalue weighted by Crippen LogP contribution is -2.14. The van der Waals surface area contributed by atoms with Gasteiger partial charge in [-0.05, 0) is 24.3 Å². The second kappa shape index (κ2) is 6.71. The predicted octanol–water partition coefficient (Wildman–Crippen LogP) is 2.55. The van der Waals surface area contributed by atoms with Gasteiger partial charge in [-0.3, -0.25) is 4.79 Å². The van der Waals surface area contributed by atoms with E-state index in [4.69, 9.17) is 19.9 Å². The van der Waals surface area contributed by atoms with Crippen LogP contribution in [0.2, 0.25) is 0 Å². The molecule has 116 valence electrons. The Balaban J connectivity index is 2.29. The molecule has 2 rings (SSSR count). The third-order valence-electron chi connectivity index (χ3n) is 3.13. The number of carbonyl (C=O) groups is 1. The molecule has 0 aliphatic rings. The maximum Gasteiger partial charge on any atom is 0.259 e. The zero-order valence-corrected chi connectivity index (χ0v) is 12.7. The lowest BCUT2D eigenvalue weighted by atomic mass is 10.1. The Morgan fingerprint density at radius 1 is 0.955 bits per heavy atom. The van der Waals surface area contributed by atoms with Gasteiger partial charge in [-0.15, -0.1) is 0 Å². The highest BCUT2D eigenvalue weighted by molar-refractivity contribution is 6.07. The quantitative estimate of drug-likeness (QED) is 0.829. The first-order chi connectivity index (χ1) is 10.6. The van der Waals surface area contributed by atoms with Gasteiger partial charge in [0.15, 0.2) is 0 Å². The number of rotatable bonds is 5. The summed E-state index contributed by atoms with van der Waals surface area (Å²) in [5, 5.41) is 2.78. The van der Waals surface area contributed by atoms with Crippen LogP contribution in [0.25, 0.3) is 0 Å². The van der Waals surface area contributed by atoms with Crippen LogP contribution in [0.1, 0.15) is 10.4 Å². The molecular weight excluding hydrogens is 284 g/mol. The Hall–Kier alpha value is -2.89. The largest absolute Gasteiger partial charge is 0.497 e. The monoisotopic (exact) mass is 302 g/mol. The molecule has 0 aliphatic heterocycles. The number of anilines is 2. The SMILES string of the molecule is COc1ccc(C(=O)Nc2ccc(N)cc2OC)c(OC)c1. The average Bonchev–Trinajstić information content (AvgIpc) is 2.55. The van der Waals surface area contributed by atoms with Crippen molar-refractivity contribution in [1.29, 1.82) is 0 Å². The lowest BCUT2D eigenvalue weighted by molar-refractivity contribution is 0.102. The number of carbonyl (C=O) groups excluding carboxylic acids is 1. The van der Waals surface area contributed by atoms with Gasteiger partial charge < -0.3 is 25.3 Å². The van der Waals surface area contributed by atoms with Crippen LogP contribution in [0, 0.1) is 0 Å². The van der Waals surface area contributed by atoms with Gasteiger partial charge in [0, 0.05) is 17.8 Å². The maximum atomic E-state index is 12.4. The Bertz CT molecular complexity index is 686. The van der Waals surface area contributed by atoms with E-state index in [9.17, 15) is 4.79 Å². The molecule has 0 aliphatic carbocycles. The van der Waals surface area contributed by atoms with Crippen molar-refractivity contribution >= 4 is 17.3 Å². The molecule has 2 aromatic carbocycles. The fourth-order valence-electron chi connectivity index (χ4n) is 1.99. The molecule has 0 atom stereocenters. The van der Waals surface area contributed by atoms with Gasteiger partial charge in [-0.25, -0.2) is 0 Å². The van der Waals surface area contributed by atoms with Crippen molar-refractivity contribution in [1.82, 2.24) is 0 Å². The number of hydrogen-bond donors (Lipinski definition) is 2. The fraction of sp³-hybridized carbons (Fsp3) is 0.188. The van der Waals surface area contributed by atoms with Crippen LogP contribution < -0.4 is 25.3 Å². The smallest absolute Gasteiger partial charge is 0.259 e. The van der Waals surface area contributed by atoms with E-state index in [1.165, 1.54) is 14.2 Å². The Morgan fingerprint density at radius 3 is 2.32 bits per heavy atom. The van der Waals surface area contributed by atoms with Crippen LogP contribution in [-0.4, -0.2) is 27.2 Å². The Morgan fingerprint density at radius 2 is 1.68 bits per heavy atom. The number of ether oxygens (including phenoxy) is 3. The van der Waals surface area contributed by atoms with E-state index >= 15 is 0 Å². The number of hydrogen-bond acceptors (Lipinski definition) is 5. The highest BCUT2D eigenvalue weighted by Gasteiger charge is 2.15. The first-order valence-corrected chi connectivity index (χ1v) is 6.56. The number of methoxy groups -OCH3 is 3. The fourth-order valence-corrected chi connectivity index (χ4v) is 1.99. The van der Waals surface area contributed by atoms with Gasteiger partial charge in [-0.1, -0.05) is 0 Å². The summed E-state index contributed by atoms with van der Waals surface area (Å²) in [5.41, 5.74) is 7.17. The second-order valence-electron chi connectivity index (χ2n) is 4.48. The molecule has 1 amide bonds. The molecule has 2 aromatic rings. The third kappa shape index (κ3) is 3.22. The molecule has 0 saturated heterocycles. The van der Waals surface area contributed by atoms with Crippen LogP contribution in [0.4, 0.5) is 11.4 Å². The van der Waals surface area contributed by atoms with E-state index in [1.54, 1.807) is 43.5 Å². The molecule has 0 saturated carbocycles. The number of amides is 1. The summed E-state index contributed by atoms with van der Waals surface area (Å²) in [6.45, 7) is 0. The summed E-state index contributed by atoms with van der Waals surface area (Å²) in [7, 11) is 4.56. The Labute approximate surface area is 128 Å². The van der Waals surface area contributed by atoms with Crippen molar-refractivity contribution in [2.24, 2.45) is 0 Å². The molecule has 0 unspecified atom stereocenters. The lowest BCUT2D eigenvalue weighted by Gasteiger charge is -2.13. The Kier molecular flexibility index (Phi) is 4.73. The van der Waals surface area contributed by atoms with Crippen molar-refractivity contribution in [3.63, 3.8) is 0 Å². The molecular formula is C16H18N2O4. The van der Waals surface area contributed by atoms with Crippen LogP contribution in [0.3, 0.4) is 0 Å². The number of nitrogen functional groups attached to an aromatic ring is 1. The van der Waals surface area contributed by atoms with Gasteiger partial charge in [-0.2, -0.15) is 0 Å². The van der Waals surface area contributed by atoms with E-state index in [0.717, 1.165) is 0 Å². The van der Waals surface area contributed by atoms with Gasteiger partial charge >= 0.3 is 0 Å². The first kappa shape index (κ1) is 15.5. The summed E-state index contributed by atoms with van der Waals surface area (Å²) in [6.07, 6.45) is 0. The second-order valence-corrected chi connectivity index (χ2v) is 4.48. The topological polar surface area (TPSA) is 82.8 Å². The highest BCUT2D eigenvalue weighted by Crippen LogP contribution is 2.29. The van der Waals surface area contributed by atoms with Gasteiger partial charge in [0.25, 0.3) is 5.91 Å². The third-order valence-corrected chi connectivity index (χ3v) is 3.13. The predicted molar refractivity (Wildman–Crippen MR) is 84.9 cm³/mol. The molecule has 0 heterocycles. The van der Waals surface area contributed by atoms with Crippen molar-refractivity contribution in [2.75, 3.05) is 32.4 Å². The van der Waals surface area contributed by atoms with Crippen LogP contribution in [0.15, 0.2) is 36.4 Å². The van der Waals surface area contributed by atoms with Gasteiger partial charge in [0.2, 0.25) is 0 Å². The van der Waals surface area contributed by atoms with Crippen molar-refractivity contribution in [3.8, 4) is 17.2 Å². The first-order valence-electron chi connectivity index (χ1n) is 6.56. The minimum absolute atomic E-state index is 0.317. The zero-order chi connectivity index (χ0) is 16.1. The molecule has 0 spiro atoms. The number of nitrogens with one attached hydrogen (secondary N) is 1. The van der Waals surface area contributed by atoms with E-state index in [1.807, 2.05) is 0 Å². The van der Waals surface area contributed by atoms with Crippen LogP contribution in [0.5, 0.6) is 17.2 Å². The van der Waals surface area contributed by atoms with Crippen LogP contribution in [-0.2, 0) is 0 Å². The summed E-state index contributed by atoms with van der Waals surface area (Å²) >= 11 is 0. The minimum Gasteiger partial charge on any atom is -0.497 e. The maximum absolute atomic E-state index is 12.4. The van der Waals surface area contributed by atoms with E-state index in [2.05, 4.69) is 5.32 Å². The summed E-state index contributed by atoms with van der Waals surface area (Å²) in [6, 6.07) is 9.98. The summed E-state index contributed by atoms with van der Waals surface area (Å²) in [4.78, 5) is 12.4. The molecule has 6 nitrogen and oxygen atoms in total. The van der Waals surface area contributed by atoms with Gasteiger partial charge in [0.1, 0.15) is 17.2 Å². The van der Waals surface area contributed by atoms with Crippen molar-refractivity contribution in [2.45, 2.75) is 0 Å². The van der Waals surface area contributed by atoms with Crippen molar-refractivity contribution < 1.29 is 19.0 Å². The molecule has 0 fully saturated rings. The highest BCUT2D eigenvalue weighted by atomic mass is 16.5. The van der Waals surface area contributed by atoms with Gasteiger partial charge in [0.05, 0.1) is 32.6 Å². The normalized spacial score (nSPS) is 9.95. The minimum atomic E-state index is -0.317. The van der Waals surface area contributed by atoms with E-state index < -0.39 is 0 Å². The standard InChI is InChI=1S/C16H18N2O4/c1-20-11-5-6-12(14(9-11)21-2)16(19)18-13-7-4-10(17)8-15(13)22-3/h4-9H,17H2,1-3H3,(H,18,19). The zero-order valence-electron chi connectivity index (χ0n) is 12.7. The molecule has 0 bridgehead atoms. The van der Waals surface area contributed by atoms with Crippen molar-refractivity contribution in [3.05, 3.63) is 42.0 Å². The van der Waals surface area contributed by atoms with Crippen LogP contribution >= 0.6 is 0 Å². The van der Waals surface area contributed by atoms with E-state index in [0.29, 0.717) is 34.2 Å². The molecule has 22 heavy (non-hydrogen) atoms. The summed E-state index contributed by atoms with van der Waals surface area (Å²) < 4.78 is 15.6. The molecule has 3 N–H and O–H groups in total.